The summed E-state index contributed by atoms with van der Waals surface area (Å²) < 4.78 is 0. The lowest BCUT2D eigenvalue weighted by Crippen LogP contribution is -2.41. The second-order valence-corrected chi connectivity index (χ2v) is 5.03. The molecule has 5 nitrogen and oxygen atoms in total. The number of hydrogen-bond donors (Lipinski definition) is 2. The number of carboxylic acids is 1. The minimum Gasteiger partial charge on any atom is -0.481 e. The Morgan fingerprint density at radius 3 is 2.62 bits per heavy atom. The van der Waals surface area contributed by atoms with Gasteiger partial charge in [0.15, 0.2) is 0 Å². The van der Waals surface area contributed by atoms with Crippen LogP contribution in [0.2, 0.25) is 0 Å². The van der Waals surface area contributed by atoms with E-state index in [0.717, 1.165) is 31.1 Å². The molecular formula is C10H18N2O3S. The normalized spacial score (nSPS) is 19.1. The van der Waals surface area contributed by atoms with Gasteiger partial charge in [-0.15, -0.1) is 0 Å². The summed E-state index contributed by atoms with van der Waals surface area (Å²) in [5.41, 5.74) is 0. The molecule has 0 aromatic heterocycles. The molecule has 0 saturated carbocycles. The molecule has 0 radical (unpaired) electrons. The van der Waals surface area contributed by atoms with Crippen molar-refractivity contribution in [3.8, 4) is 0 Å². The lowest BCUT2D eigenvalue weighted by atomic mass is 10.2. The first kappa shape index (κ1) is 13.3. The summed E-state index contributed by atoms with van der Waals surface area (Å²) in [5, 5.41) is 11.3. The van der Waals surface area contributed by atoms with E-state index < -0.39 is 17.8 Å². The van der Waals surface area contributed by atoms with Crippen LogP contribution in [0.4, 0.5) is 0 Å². The quantitative estimate of drug-likeness (QED) is 0.661. The van der Waals surface area contributed by atoms with Crippen LogP contribution < -0.4 is 5.32 Å². The molecule has 1 unspecified atom stereocenters. The highest BCUT2D eigenvalue weighted by Crippen LogP contribution is 2.07. The highest BCUT2D eigenvalue weighted by molar-refractivity contribution is 7.99. The van der Waals surface area contributed by atoms with Crippen molar-refractivity contribution < 1.29 is 14.7 Å². The van der Waals surface area contributed by atoms with Crippen LogP contribution in [0.5, 0.6) is 0 Å². The third-order valence-electron chi connectivity index (χ3n) is 2.59. The van der Waals surface area contributed by atoms with Crippen LogP contribution >= 0.6 is 11.8 Å². The third kappa shape index (κ3) is 4.40. The van der Waals surface area contributed by atoms with Crippen molar-refractivity contribution in [2.45, 2.75) is 6.92 Å². The summed E-state index contributed by atoms with van der Waals surface area (Å²) >= 11 is 1.94. The molecule has 6 heteroatoms. The number of rotatable bonds is 5. The first-order chi connectivity index (χ1) is 7.61. The molecule has 2 N–H and O–H groups in total. The number of amides is 1. The monoisotopic (exact) mass is 246 g/mol. The predicted molar refractivity (Wildman–Crippen MR) is 63.6 cm³/mol. The molecule has 1 atom stereocenters. The van der Waals surface area contributed by atoms with Crippen LogP contribution in [0.1, 0.15) is 6.92 Å². The van der Waals surface area contributed by atoms with Crippen LogP contribution in [0.3, 0.4) is 0 Å². The van der Waals surface area contributed by atoms with E-state index in [2.05, 4.69) is 10.2 Å². The SMILES string of the molecule is CC(C(=O)O)C(=O)NCCN1CCSCC1. The largest absolute Gasteiger partial charge is 0.481 e. The van der Waals surface area contributed by atoms with Crippen molar-refractivity contribution in [1.82, 2.24) is 10.2 Å². The molecule has 1 saturated heterocycles. The van der Waals surface area contributed by atoms with Gasteiger partial charge in [0, 0.05) is 37.7 Å². The average molecular weight is 246 g/mol. The van der Waals surface area contributed by atoms with Gasteiger partial charge in [0.1, 0.15) is 5.92 Å². The molecule has 92 valence electrons. The third-order valence-corrected chi connectivity index (χ3v) is 3.54. The Labute approximate surface area is 99.6 Å². The molecule has 16 heavy (non-hydrogen) atoms. The van der Waals surface area contributed by atoms with E-state index in [0.29, 0.717) is 6.54 Å². The minimum atomic E-state index is -1.08. The Balaban J connectivity index is 2.14. The summed E-state index contributed by atoms with van der Waals surface area (Å²) in [4.78, 5) is 24.1. The maximum Gasteiger partial charge on any atom is 0.315 e. The molecule has 0 aliphatic carbocycles. The van der Waals surface area contributed by atoms with Crippen LogP contribution in [0.15, 0.2) is 0 Å². The highest BCUT2D eigenvalue weighted by Gasteiger charge is 2.20. The van der Waals surface area contributed by atoms with Crippen molar-refractivity contribution in [3.63, 3.8) is 0 Å². The van der Waals surface area contributed by atoms with Gasteiger partial charge in [-0.25, -0.2) is 0 Å². The number of carbonyl (C=O) groups excluding carboxylic acids is 1. The molecule has 1 amide bonds. The van der Waals surface area contributed by atoms with Gasteiger partial charge in [-0.3, -0.25) is 14.5 Å². The standard InChI is InChI=1S/C10H18N2O3S/c1-8(10(14)15)9(13)11-2-3-12-4-6-16-7-5-12/h8H,2-7H2,1H3,(H,11,13)(H,14,15). The average Bonchev–Trinajstić information content (AvgIpc) is 2.29. The van der Waals surface area contributed by atoms with Crippen LogP contribution in [0.25, 0.3) is 0 Å². The molecule has 1 aliphatic rings. The minimum absolute atomic E-state index is 0.404. The Bertz CT molecular complexity index is 254. The summed E-state index contributed by atoms with van der Waals surface area (Å²) in [6.07, 6.45) is 0. The second kappa shape index (κ2) is 6.75. The van der Waals surface area contributed by atoms with Crippen LogP contribution in [-0.4, -0.2) is 59.6 Å². The van der Waals surface area contributed by atoms with E-state index >= 15 is 0 Å². The van der Waals surface area contributed by atoms with Crippen molar-refractivity contribution in [3.05, 3.63) is 0 Å². The van der Waals surface area contributed by atoms with Crippen molar-refractivity contribution in [1.29, 1.82) is 0 Å². The first-order valence-corrected chi connectivity index (χ1v) is 6.57. The zero-order valence-corrected chi connectivity index (χ0v) is 10.3. The second-order valence-electron chi connectivity index (χ2n) is 3.80. The molecule has 1 heterocycles. The van der Waals surface area contributed by atoms with Crippen molar-refractivity contribution >= 4 is 23.6 Å². The zero-order chi connectivity index (χ0) is 12.0. The van der Waals surface area contributed by atoms with E-state index in [9.17, 15) is 9.59 Å². The van der Waals surface area contributed by atoms with Gasteiger partial charge in [-0.05, 0) is 6.92 Å². The number of aliphatic carboxylic acids is 1. The van der Waals surface area contributed by atoms with E-state index in [1.165, 1.54) is 6.92 Å². The lowest BCUT2D eigenvalue weighted by Gasteiger charge is -2.26. The van der Waals surface area contributed by atoms with Gasteiger partial charge >= 0.3 is 5.97 Å². The van der Waals surface area contributed by atoms with E-state index in [4.69, 9.17) is 5.11 Å². The summed E-state index contributed by atoms with van der Waals surface area (Å²) in [7, 11) is 0. The Hall–Kier alpha value is -0.750. The maximum atomic E-state index is 11.3. The van der Waals surface area contributed by atoms with Crippen LogP contribution in [-0.2, 0) is 9.59 Å². The molecule has 0 spiro atoms. The number of nitrogens with one attached hydrogen (secondary N) is 1. The Morgan fingerprint density at radius 1 is 1.44 bits per heavy atom. The van der Waals surface area contributed by atoms with E-state index in [-0.39, 0.29) is 0 Å². The predicted octanol–water partition coefficient (Wildman–Crippen LogP) is -0.128. The fourth-order valence-electron chi connectivity index (χ4n) is 1.43. The molecule has 0 aromatic carbocycles. The first-order valence-electron chi connectivity index (χ1n) is 5.42. The van der Waals surface area contributed by atoms with Gasteiger partial charge < -0.3 is 10.4 Å². The number of nitrogens with zero attached hydrogens (tertiary/aromatic N) is 1. The summed E-state index contributed by atoms with van der Waals surface area (Å²) in [6.45, 7) is 4.83. The fraction of sp³-hybridized carbons (Fsp3) is 0.800. The van der Waals surface area contributed by atoms with Crippen molar-refractivity contribution in [2.75, 3.05) is 37.7 Å². The number of carbonyl (C=O) groups is 2. The van der Waals surface area contributed by atoms with E-state index in [1.807, 2.05) is 11.8 Å². The summed E-state index contributed by atoms with van der Waals surface area (Å²) in [5.74, 6) is -0.165. The van der Waals surface area contributed by atoms with Gasteiger partial charge in [0.05, 0.1) is 0 Å². The highest BCUT2D eigenvalue weighted by atomic mass is 32.2. The lowest BCUT2D eigenvalue weighted by molar-refractivity contribution is -0.146. The summed E-state index contributed by atoms with van der Waals surface area (Å²) in [6, 6.07) is 0. The number of thioether (sulfide) groups is 1. The topological polar surface area (TPSA) is 69.6 Å². The van der Waals surface area contributed by atoms with E-state index in [1.54, 1.807) is 0 Å². The fourth-order valence-corrected chi connectivity index (χ4v) is 2.41. The molecule has 0 bridgehead atoms. The Morgan fingerprint density at radius 2 is 2.06 bits per heavy atom. The van der Waals surface area contributed by atoms with Gasteiger partial charge in [-0.2, -0.15) is 11.8 Å². The van der Waals surface area contributed by atoms with Gasteiger partial charge in [0.25, 0.3) is 0 Å². The number of carboxylic acid groups (broad SMARTS) is 1. The van der Waals surface area contributed by atoms with Gasteiger partial charge in [-0.1, -0.05) is 0 Å². The van der Waals surface area contributed by atoms with Crippen LogP contribution in [0, 0.1) is 5.92 Å². The molecular weight excluding hydrogens is 228 g/mol. The molecule has 1 aliphatic heterocycles. The molecule has 0 aromatic rings. The number of hydrogen-bond acceptors (Lipinski definition) is 4. The molecule has 1 rings (SSSR count). The maximum absolute atomic E-state index is 11.3. The smallest absolute Gasteiger partial charge is 0.315 e. The van der Waals surface area contributed by atoms with Gasteiger partial charge in [0.2, 0.25) is 5.91 Å². The zero-order valence-electron chi connectivity index (χ0n) is 9.44. The Kier molecular flexibility index (Phi) is 5.62. The van der Waals surface area contributed by atoms with Crippen molar-refractivity contribution in [2.24, 2.45) is 5.92 Å². The molecule has 1 fully saturated rings.